The molecule has 0 amide bonds. The fraction of sp³-hybridized carbons (Fsp3) is 0.647. The lowest BCUT2D eigenvalue weighted by atomic mass is 9.80. The molecule has 1 heteroatoms. The van der Waals surface area contributed by atoms with Crippen LogP contribution >= 0.6 is 0 Å². The van der Waals surface area contributed by atoms with Crippen molar-refractivity contribution in [2.45, 2.75) is 59.4 Å². The van der Waals surface area contributed by atoms with Gasteiger partial charge in [0, 0.05) is 12.6 Å². The van der Waals surface area contributed by atoms with Crippen LogP contribution in [0, 0.1) is 19.3 Å². The fourth-order valence-corrected chi connectivity index (χ4v) is 2.40. The van der Waals surface area contributed by atoms with Crippen molar-refractivity contribution in [2.75, 3.05) is 6.54 Å². The lowest BCUT2D eigenvalue weighted by Gasteiger charge is -2.29. The van der Waals surface area contributed by atoms with Crippen LogP contribution in [0.1, 0.15) is 49.8 Å². The van der Waals surface area contributed by atoms with E-state index in [1.807, 2.05) is 0 Å². The number of rotatable bonds is 6. The van der Waals surface area contributed by atoms with Gasteiger partial charge in [0.1, 0.15) is 0 Å². The summed E-state index contributed by atoms with van der Waals surface area (Å²) >= 11 is 0. The van der Waals surface area contributed by atoms with E-state index in [9.17, 15) is 0 Å². The van der Waals surface area contributed by atoms with Gasteiger partial charge in [-0.2, -0.15) is 0 Å². The van der Waals surface area contributed by atoms with Crippen molar-refractivity contribution in [1.29, 1.82) is 0 Å². The summed E-state index contributed by atoms with van der Waals surface area (Å²) in [6.45, 7) is 10.3. The molecule has 0 aliphatic heterocycles. The predicted molar refractivity (Wildman–Crippen MR) is 79.0 cm³/mol. The molecule has 1 nitrogen and oxygen atoms in total. The Morgan fingerprint density at radius 3 is 2.50 bits per heavy atom. The molecule has 1 fully saturated rings. The topological polar surface area (TPSA) is 12.0 Å². The van der Waals surface area contributed by atoms with Gasteiger partial charge in [0.25, 0.3) is 0 Å². The first kappa shape index (κ1) is 13.6. The van der Waals surface area contributed by atoms with Crippen molar-refractivity contribution in [3.63, 3.8) is 0 Å². The molecule has 1 N–H and O–H groups in total. The molecule has 1 aliphatic rings. The van der Waals surface area contributed by atoms with E-state index in [-0.39, 0.29) is 0 Å². The number of benzene rings is 1. The maximum absolute atomic E-state index is 3.69. The maximum atomic E-state index is 3.69. The Balaban J connectivity index is 2.00. The molecule has 0 saturated heterocycles. The zero-order valence-electron chi connectivity index (χ0n) is 12.3. The Morgan fingerprint density at radius 2 is 1.94 bits per heavy atom. The van der Waals surface area contributed by atoms with Crippen LogP contribution < -0.4 is 5.32 Å². The number of hydrogen-bond donors (Lipinski definition) is 1. The zero-order chi connectivity index (χ0) is 13.2. The number of aryl methyl sites for hydroxylation is 2. The van der Waals surface area contributed by atoms with Gasteiger partial charge in [-0.05, 0) is 61.6 Å². The van der Waals surface area contributed by atoms with Crippen LogP contribution in [0.5, 0.6) is 0 Å². The minimum Gasteiger partial charge on any atom is -0.313 e. The summed E-state index contributed by atoms with van der Waals surface area (Å²) in [5.41, 5.74) is 4.69. The van der Waals surface area contributed by atoms with Crippen molar-refractivity contribution in [1.82, 2.24) is 5.32 Å². The van der Waals surface area contributed by atoms with E-state index in [4.69, 9.17) is 0 Å². The molecule has 0 bridgehead atoms. The first-order chi connectivity index (χ1) is 8.52. The van der Waals surface area contributed by atoms with E-state index >= 15 is 0 Å². The van der Waals surface area contributed by atoms with Gasteiger partial charge in [-0.3, -0.25) is 0 Å². The van der Waals surface area contributed by atoms with Crippen molar-refractivity contribution in [3.8, 4) is 0 Å². The molecule has 0 spiro atoms. The third-order valence-electron chi connectivity index (χ3n) is 4.45. The van der Waals surface area contributed by atoms with Gasteiger partial charge in [-0.1, -0.05) is 32.0 Å². The summed E-state index contributed by atoms with van der Waals surface area (Å²) in [5.74, 6) is 0. The average Bonchev–Trinajstić information content (AvgIpc) is 3.16. The summed E-state index contributed by atoms with van der Waals surface area (Å²) in [6, 6.07) is 7.73. The van der Waals surface area contributed by atoms with Gasteiger partial charge in [-0.25, -0.2) is 0 Å². The van der Waals surface area contributed by atoms with Crippen LogP contribution in [0.2, 0.25) is 0 Å². The van der Waals surface area contributed by atoms with Gasteiger partial charge in [0.2, 0.25) is 0 Å². The molecule has 1 aromatic carbocycles. The quantitative estimate of drug-likeness (QED) is 0.798. The second-order valence-electron chi connectivity index (χ2n) is 6.41. The largest absolute Gasteiger partial charge is 0.313 e. The Morgan fingerprint density at radius 1 is 1.22 bits per heavy atom. The third kappa shape index (κ3) is 3.58. The Hall–Kier alpha value is -0.820. The average molecular weight is 245 g/mol. The molecule has 1 unspecified atom stereocenters. The first-order valence-electron chi connectivity index (χ1n) is 7.32. The van der Waals surface area contributed by atoms with E-state index in [2.05, 4.69) is 51.2 Å². The van der Waals surface area contributed by atoms with Gasteiger partial charge in [-0.15, -0.1) is 0 Å². The predicted octanol–water partition coefficient (Wildman–Crippen LogP) is 4.01. The zero-order valence-corrected chi connectivity index (χ0v) is 12.3. The van der Waals surface area contributed by atoms with Crippen LogP contribution in [-0.4, -0.2) is 12.6 Å². The van der Waals surface area contributed by atoms with E-state index in [0.29, 0.717) is 5.41 Å². The summed E-state index contributed by atoms with van der Waals surface area (Å²) in [5, 5.41) is 3.69. The van der Waals surface area contributed by atoms with Crippen LogP contribution in [0.3, 0.4) is 0 Å². The van der Waals surface area contributed by atoms with Crippen molar-refractivity contribution >= 4 is 0 Å². The molecule has 0 aromatic heterocycles. The van der Waals surface area contributed by atoms with E-state index in [1.54, 1.807) is 0 Å². The number of hydrogen-bond acceptors (Lipinski definition) is 1. The van der Waals surface area contributed by atoms with E-state index in [1.165, 1.54) is 42.4 Å². The van der Waals surface area contributed by atoms with E-state index < -0.39 is 0 Å². The molecule has 1 saturated carbocycles. The molecule has 0 heterocycles. The molecule has 1 atom stereocenters. The highest BCUT2D eigenvalue weighted by molar-refractivity contribution is 5.30. The molecule has 1 aromatic rings. The highest BCUT2D eigenvalue weighted by atomic mass is 15.0. The smallest absolute Gasteiger partial charge is 0.00684 e. The van der Waals surface area contributed by atoms with Gasteiger partial charge in [0.15, 0.2) is 0 Å². The van der Waals surface area contributed by atoms with Crippen LogP contribution in [-0.2, 0) is 6.42 Å². The lowest BCUT2D eigenvalue weighted by molar-refractivity contribution is 0.289. The molecule has 100 valence electrons. The Kier molecular flexibility index (Phi) is 4.11. The van der Waals surface area contributed by atoms with Crippen LogP contribution in [0.25, 0.3) is 0 Å². The summed E-state index contributed by atoms with van der Waals surface area (Å²) in [7, 11) is 0. The normalized spacial score (nSPS) is 18.7. The van der Waals surface area contributed by atoms with Crippen LogP contribution in [0.4, 0.5) is 0 Å². The van der Waals surface area contributed by atoms with Gasteiger partial charge >= 0.3 is 0 Å². The maximum Gasteiger partial charge on any atom is 0.00684 e. The van der Waals surface area contributed by atoms with Gasteiger partial charge in [0.05, 0.1) is 0 Å². The van der Waals surface area contributed by atoms with Crippen molar-refractivity contribution < 1.29 is 0 Å². The third-order valence-corrected chi connectivity index (χ3v) is 4.45. The molecular formula is C17H27N. The molecule has 1 aliphatic carbocycles. The highest BCUT2D eigenvalue weighted by Crippen LogP contribution is 2.28. The highest BCUT2D eigenvalue weighted by Gasteiger charge is 2.27. The SMILES string of the molecule is CCC(C)(CNC1CC1)Cc1ccc(C)c(C)c1. The Bertz CT molecular complexity index is 406. The summed E-state index contributed by atoms with van der Waals surface area (Å²) in [4.78, 5) is 0. The van der Waals surface area contributed by atoms with Crippen LogP contribution in [0.15, 0.2) is 18.2 Å². The fourth-order valence-electron chi connectivity index (χ4n) is 2.40. The van der Waals surface area contributed by atoms with Crippen molar-refractivity contribution in [2.24, 2.45) is 5.41 Å². The standard InChI is InChI=1S/C17H27N/c1-5-17(4,12-18-16-8-9-16)11-15-7-6-13(2)14(3)10-15/h6-7,10,16,18H,5,8-9,11-12H2,1-4H3. The molecule has 18 heavy (non-hydrogen) atoms. The summed E-state index contributed by atoms with van der Waals surface area (Å²) < 4.78 is 0. The molecular weight excluding hydrogens is 218 g/mol. The first-order valence-corrected chi connectivity index (χ1v) is 7.32. The minimum absolute atomic E-state index is 0.393. The summed E-state index contributed by atoms with van der Waals surface area (Å²) in [6.07, 6.45) is 5.18. The van der Waals surface area contributed by atoms with Crippen molar-refractivity contribution in [3.05, 3.63) is 34.9 Å². The molecule has 2 rings (SSSR count). The minimum atomic E-state index is 0.393. The van der Waals surface area contributed by atoms with E-state index in [0.717, 1.165) is 12.6 Å². The second kappa shape index (κ2) is 5.44. The molecule has 0 radical (unpaired) electrons. The Labute approximate surface area is 112 Å². The number of nitrogens with one attached hydrogen (secondary N) is 1. The lowest BCUT2D eigenvalue weighted by Crippen LogP contribution is -2.34. The monoisotopic (exact) mass is 245 g/mol. The van der Waals surface area contributed by atoms with Gasteiger partial charge < -0.3 is 5.32 Å². The second-order valence-corrected chi connectivity index (χ2v) is 6.41.